The van der Waals surface area contributed by atoms with Crippen LogP contribution in [0.15, 0.2) is 71.3 Å². The largest absolute Gasteiger partial charge is 0.461 e. The smallest absolute Gasteiger partial charge is 0.264 e. The van der Waals surface area contributed by atoms with Crippen molar-refractivity contribution < 1.29 is 19.1 Å². The molecule has 0 fully saturated rings. The van der Waals surface area contributed by atoms with Gasteiger partial charge in [0.2, 0.25) is 5.78 Å². The fourth-order valence-electron chi connectivity index (χ4n) is 3.41. The second-order valence-electron chi connectivity index (χ2n) is 6.48. The molecule has 1 aromatic heterocycles. The van der Waals surface area contributed by atoms with E-state index < -0.39 is 17.3 Å². The van der Waals surface area contributed by atoms with E-state index in [9.17, 15) is 14.7 Å². The van der Waals surface area contributed by atoms with Gasteiger partial charge in [0.1, 0.15) is 0 Å². The van der Waals surface area contributed by atoms with Gasteiger partial charge in [-0.2, -0.15) is 0 Å². The second-order valence-corrected chi connectivity index (χ2v) is 6.91. The lowest BCUT2D eigenvalue weighted by Gasteiger charge is -2.22. The number of benzene rings is 2. The number of hydrogen-bond donors (Lipinski definition) is 1. The molecule has 1 N–H and O–H groups in total. The summed E-state index contributed by atoms with van der Waals surface area (Å²) in [5.74, 6) is -0.860. The average Bonchev–Trinajstić information content (AvgIpc) is 3.26. The molecule has 0 unspecified atom stereocenters. The lowest BCUT2D eigenvalue weighted by Crippen LogP contribution is -2.41. The first-order valence-electron chi connectivity index (χ1n) is 8.44. The van der Waals surface area contributed by atoms with Crippen LogP contribution >= 0.6 is 11.6 Å². The van der Waals surface area contributed by atoms with Crippen molar-refractivity contribution in [3.63, 3.8) is 0 Å². The standard InChI is InChI=1S/C21H16ClNO4/c22-15-6-3-5-14(11-15)13-23-17-8-2-1-7-16(17)21(26,20(23)25)12-18(24)19-9-4-10-27-19/h1-11,26H,12-13H2/t21-/m1/s1. The molecule has 1 aliphatic heterocycles. The number of amides is 1. The van der Waals surface area contributed by atoms with Crippen LogP contribution in [0, 0.1) is 0 Å². The van der Waals surface area contributed by atoms with Crippen LogP contribution in [-0.4, -0.2) is 16.8 Å². The lowest BCUT2D eigenvalue weighted by molar-refractivity contribution is -0.136. The molecule has 0 radical (unpaired) electrons. The Hall–Kier alpha value is -2.89. The molecule has 2 heterocycles. The number of Topliss-reactive ketones (excluding diaryl/α,β-unsaturated/α-hetero) is 1. The van der Waals surface area contributed by atoms with Crippen molar-refractivity contribution in [2.45, 2.75) is 18.6 Å². The molecule has 6 heteroatoms. The molecule has 1 aliphatic rings. The van der Waals surface area contributed by atoms with Gasteiger partial charge in [0.05, 0.1) is 24.9 Å². The summed E-state index contributed by atoms with van der Waals surface area (Å²) in [6.07, 6.45) is 0.996. The van der Waals surface area contributed by atoms with Crippen LogP contribution in [0.1, 0.15) is 28.1 Å². The Morgan fingerprint density at radius 1 is 1.11 bits per heavy atom. The van der Waals surface area contributed by atoms with Crippen LogP contribution in [0.4, 0.5) is 5.69 Å². The highest BCUT2D eigenvalue weighted by molar-refractivity contribution is 6.30. The van der Waals surface area contributed by atoms with Crippen LogP contribution in [-0.2, 0) is 16.9 Å². The number of fused-ring (bicyclic) bond motifs is 1. The van der Waals surface area contributed by atoms with Gasteiger partial charge in [0.25, 0.3) is 5.91 Å². The van der Waals surface area contributed by atoms with E-state index in [2.05, 4.69) is 0 Å². The van der Waals surface area contributed by atoms with Gasteiger partial charge >= 0.3 is 0 Å². The lowest BCUT2D eigenvalue weighted by atomic mass is 9.89. The van der Waals surface area contributed by atoms with Gasteiger partial charge in [-0.25, -0.2) is 0 Å². The Bertz CT molecular complexity index is 1010. The fraction of sp³-hybridized carbons (Fsp3) is 0.143. The molecular weight excluding hydrogens is 366 g/mol. The molecule has 27 heavy (non-hydrogen) atoms. The quantitative estimate of drug-likeness (QED) is 0.679. The maximum atomic E-state index is 13.1. The Labute approximate surface area is 160 Å². The summed E-state index contributed by atoms with van der Waals surface area (Å²) >= 11 is 6.04. The van der Waals surface area contributed by atoms with Gasteiger partial charge in [-0.1, -0.05) is 41.9 Å². The summed E-state index contributed by atoms with van der Waals surface area (Å²) in [6.45, 7) is 0.244. The molecule has 1 amide bonds. The molecule has 0 bridgehead atoms. The third-order valence-electron chi connectivity index (χ3n) is 4.68. The Morgan fingerprint density at radius 2 is 1.93 bits per heavy atom. The highest BCUT2D eigenvalue weighted by Crippen LogP contribution is 2.43. The number of carbonyl (C=O) groups is 2. The Kier molecular flexibility index (Phi) is 4.34. The number of aliphatic hydroxyl groups is 1. The van der Waals surface area contributed by atoms with E-state index >= 15 is 0 Å². The highest BCUT2D eigenvalue weighted by atomic mass is 35.5. The molecule has 0 spiro atoms. The van der Waals surface area contributed by atoms with Crippen LogP contribution in [0.25, 0.3) is 0 Å². The summed E-state index contributed by atoms with van der Waals surface area (Å²) < 4.78 is 5.11. The highest BCUT2D eigenvalue weighted by Gasteiger charge is 2.51. The monoisotopic (exact) mass is 381 g/mol. The van der Waals surface area contributed by atoms with E-state index in [0.717, 1.165) is 5.56 Å². The molecule has 0 aliphatic carbocycles. The molecule has 0 saturated carbocycles. The van der Waals surface area contributed by atoms with Crippen molar-refractivity contribution in [1.82, 2.24) is 0 Å². The predicted molar refractivity (Wildman–Crippen MR) is 101 cm³/mol. The molecule has 2 aromatic carbocycles. The SMILES string of the molecule is O=C(C[C@]1(O)C(=O)N(Cc2cccc(Cl)c2)c2ccccc21)c1ccco1. The number of ketones is 1. The van der Waals surface area contributed by atoms with Crippen molar-refractivity contribution >= 4 is 29.0 Å². The number of hydrogen-bond acceptors (Lipinski definition) is 4. The Morgan fingerprint density at radius 3 is 2.67 bits per heavy atom. The first-order valence-corrected chi connectivity index (χ1v) is 8.82. The fourth-order valence-corrected chi connectivity index (χ4v) is 3.62. The zero-order valence-corrected chi connectivity index (χ0v) is 15.0. The second kappa shape index (κ2) is 6.68. The zero-order valence-electron chi connectivity index (χ0n) is 14.3. The maximum Gasteiger partial charge on any atom is 0.264 e. The van der Waals surface area contributed by atoms with Gasteiger partial charge in [0.15, 0.2) is 11.4 Å². The van der Waals surface area contributed by atoms with Crippen LogP contribution < -0.4 is 4.90 Å². The van der Waals surface area contributed by atoms with Crippen molar-refractivity contribution in [1.29, 1.82) is 0 Å². The summed E-state index contributed by atoms with van der Waals surface area (Å²) in [4.78, 5) is 27.1. The predicted octanol–water partition coefficient (Wildman–Crippen LogP) is 3.94. The number of carbonyl (C=O) groups excluding carboxylic acids is 2. The number of halogens is 1. The first kappa shape index (κ1) is 17.5. The van der Waals surface area contributed by atoms with Gasteiger partial charge in [-0.05, 0) is 35.9 Å². The van der Waals surface area contributed by atoms with Crippen LogP contribution in [0.2, 0.25) is 5.02 Å². The molecule has 4 rings (SSSR count). The third kappa shape index (κ3) is 3.05. The Balaban J connectivity index is 1.69. The van der Waals surface area contributed by atoms with E-state index in [1.54, 1.807) is 48.5 Å². The topological polar surface area (TPSA) is 70.8 Å². The van der Waals surface area contributed by atoms with E-state index in [1.165, 1.54) is 17.2 Å². The normalized spacial score (nSPS) is 18.6. The van der Waals surface area contributed by atoms with Crippen molar-refractivity contribution in [3.8, 4) is 0 Å². The number of rotatable bonds is 5. The van der Waals surface area contributed by atoms with E-state index in [-0.39, 0.29) is 18.7 Å². The van der Waals surface area contributed by atoms with Crippen molar-refractivity contribution in [2.24, 2.45) is 0 Å². The minimum absolute atomic E-state index is 0.113. The van der Waals surface area contributed by atoms with E-state index in [4.69, 9.17) is 16.0 Å². The average molecular weight is 382 g/mol. The molecule has 0 saturated heterocycles. The summed E-state index contributed by atoms with van der Waals surface area (Å²) in [5, 5.41) is 11.8. The molecule has 3 aromatic rings. The van der Waals surface area contributed by atoms with Gasteiger partial charge in [0, 0.05) is 10.6 Å². The maximum absolute atomic E-state index is 13.1. The number of nitrogens with zero attached hydrogens (tertiary/aromatic N) is 1. The van der Waals surface area contributed by atoms with Crippen molar-refractivity contribution in [3.05, 3.63) is 88.8 Å². The molecule has 136 valence electrons. The van der Waals surface area contributed by atoms with Crippen molar-refractivity contribution in [2.75, 3.05) is 4.90 Å². The number of furan rings is 1. The van der Waals surface area contributed by atoms with Gasteiger partial charge in [-0.3, -0.25) is 9.59 Å². The summed E-state index contributed by atoms with van der Waals surface area (Å²) in [6, 6.07) is 17.2. The molecule has 5 nitrogen and oxygen atoms in total. The minimum atomic E-state index is -1.93. The minimum Gasteiger partial charge on any atom is -0.461 e. The summed E-state index contributed by atoms with van der Waals surface area (Å²) in [7, 11) is 0. The number of anilines is 1. The zero-order chi connectivity index (χ0) is 19.0. The van der Waals surface area contributed by atoms with Crippen LogP contribution in [0.5, 0.6) is 0 Å². The van der Waals surface area contributed by atoms with Gasteiger partial charge in [-0.15, -0.1) is 0 Å². The van der Waals surface area contributed by atoms with Crippen LogP contribution in [0.3, 0.4) is 0 Å². The first-order chi connectivity index (χ1) is 13.0. The third-order valence-corrected chi connectivity index (χ3v) is 4.92. The number of para-hydroxylation sites is 1. The van der Waals surface area contributed by atoms with Gasteiger partial charge < -0.3 is 14.4 Å². The molecular formula is C21H16ClNO4. The molecule has 1 atom stereocenters. The summed E-state index contributed by atoms with van der Waals surface area (Å²) in [5.41, 5.74) is -0.111. The van der Waals surface area contributed by atoms with E-state index in [1.807, 2.05) is 6.07 Å². The van der Waals surface area contributed by atoms with E-state index in [0.29, 0.717) is 16.3 Å².